The molecule has 1 atom stereocenters. The van der Waals surface area contributed by atoms with Crippen molar-refractivity contribution in [1.29, 1.82) is 0 Å². The lowest BCUT2D eigenvalue weighted by Gasteiger charge is -2.25. The molecule has 1 aliphatic rings. The molecule has 3 N–H and O–H groups in total. The minimum absolute atomic E-state index is 0.287. The van der Waals surface area contributed by atoms with Gasteiger partial charge < -0.3 is 20.1 Å². The zero-order valence-corrected chi connectivity index (χ0v) is 16.6. The Bertz CT molecular complexity index is 994. The van der Waals surface area contributed by atoms with Crippen LogP contribution in [0.1, 0.15) is 12.0 Å². The van der Waals surface area contributed by atoms with Crippen LogP contribution in [0, 0.1) is 0 Å². The van der Waals surface area contributed by atoms with Gasteiger partial charge in [-0.25, -0.2) is 4.79 Å². The first-order chi connectivity index (χ1) is 14.3. The minimum atomic E-state index is -5.08. The number of nitrogens with one attached hydrogen (secondary N) is 2. The molecule has 4 rings (SSSR count). The van der Waals surface area contributed by atoms with Crippen molar-refractivity contribution in [2.45, 2.75) is 30.1 Å². The number of ether oxygens (including phenoxy) is 1. The number of para-hydroxylation sites is 1. The molecule has 0 aliphatic carbocycles. The molecular weight excluding hydrogens is 419 g/mol. The molecule has 10 heteroatoms. The van der Waals surface area contributed by atoms with Gasteiger partial charge in [-0.1, -0.05) is 12.1 Å². The van der Waals surface area contributed by atoms with E-state index in [9.17, 15) is 13.2 Å². The number of aliphatic carboxylic acids is 1. The summed E-state index contributed by atoms with van der Waals surface area (Å²) in [6, 6.07) is 10.3. The fraction of sp³-hybridized carbons (Fsp3) is 0.300. The zero-order chi connectivity index (χ0) is 21.6. The van der Waals surface area contributed by atoms with Crippen molar-refractivity contribution in [3.8, 4) is 5.75 Å². The summed E-state index contributed by atoms with van der Waals surface area (Å²) in [4.78, 5) is 17.5. The molecule has 0 saturated carbocycles. The van der Waals surface area contributed by atoms with Crippen LogP contribution < -0.4 is 10.1 Å². The van der Waals surface area contributed by atoms with Crippen LogP contribution >= 0.6 is 11.8 Å². The first kappa shape index (κ1) is 22.0. The van der Waals surface area contributed by atoms with E-state index in [1.165, 1.54) is 15.8 Å². The monoisotopic (exact) mass is 439 g/mol. The van der Waals surface area contributed by atoms with Crippen LogP contribution in [0.5, 0.6) is 5.75 Å². The summed E-state index contributed by atoms with van der Waals surface area (Å²) in [5.74, 6) is -0.706. The molecule has 6 nitrogen and oxygen atoms in total. The first-order valence-corrected chi connectivity index (χ1v) is 10.1. The van der Waals surface area contributed by atoms with Gasteiger partial charge in [-0.2, -0.15) is 13.2 Å². The number of hydrogen-bond acceptors (Lipinski definition) is 5. The normalized spacial score (nSPS) is 15.6. The van der Waals surface area contributed by atoms with Gasteiger partial charge in [0.05, 0.1) is 11.7 Å². The van der Waals surface area contributed by atoms with Gasteiger partial charge in [-0.3, -0.25) is 4.98 Å². The molecule has 30 heavy (non-hydrogen) atoms. The predicted octanol–water partition coefficient (Wildman–Crippen LogP) is 4.23. The zero-order valence-electron chi connectivity index (χ0n) is 15.8. The highest BCUT2D eigenvalue weighted by molar-refractivity contribution is 7.99. The Morgan fingerprint density at radius 2 is 2.10 bits per heavy atom. The Kier molecular flexibility index (Phi) is 7.22. The highest BCUT2D eigenvalue weighted by Gasteiger charge is 2.38. The fourth-order valence-electron chi connectivity index (χ4n) is 2.87. The molecule has 0 fully saturated rings. The quantitative estimate of drug-likeness (QED) is 0.516. The molecule has 0 saturated heterocycles. The van der Waals surface area contributed by atoms with Gasteiger partial charge in [0, 0.05) is 35.0 Å². The highest BCUT2D eigenvalue weighted by atomic mass is 32.2. The lowest BCUT2D eigenvalue weighted by atomic mass is 10.2. The van der Waals surface area contributed by atoms with E-state index in [1.807, 2.05) is 30.2 Å². The molecule has 0 radical (unpaired) electrons. The maximum atomic E-state index is 10.6. The number of nitrogens with zero attached hydrogens (tertiary/aromatic N) is 1. The number of carboxylic acids is 1. The molecule has 0 amide bonds. The van der Waals surface area contributed by atoms with E-state index in [4.69, 9.17) is 14.6 Å². The van der Waals surface area contributed by atoms with Gasteiger partial charge in [-0.05, 0) is 36.7 Å². The fourth-order valence-corrected chi connectivity index (χ4v) is 3.90. The predicted molar refractivity (Wildman–Crippen MR) is 108 cm³/mol. The maximum absolute atomic E-state index is 10.6. The van der Waals surface area contributed by atoms with Gasteiger partial charge >= 0.3 is 12.1 Å². The van der Waals surface area contributed by atoms with Crippen LogP contribution in [-0.4, -0.2) is 45.6 Å². The number of halogens is 3. The van der Waals surface area contributed by atoms with Crippen molar-refractivity contribution < 1.29 is 27.8 Å². The number of thioether (sulfide) groups is 1. The number of carboxylic acid groups (broad SMARTS) is 1. The largest absolute Gasteiger partial charge is 0.490 e. The summed E-state index contributed by atoms with van der Waals surface area (Å²) < 4.78 is 37.8. The highest BCUT2D eigenvalue weighted by Crippen LogP contribution is 2.35. The minimum Gasteiger partial charge on any atom is -0.488 e. The van der Waals surface area contributed by atoms with Gasteiger partial charge in [-0.15, -0.1) is 11.8 Å². The molecule has 160 valence electrons. The molecule has 1 unspecified atom stereocenters. The number of rotatable bonds is 5. The van der Waals surface area contributed by atoms with Crippen LogP contribution in [0.2, 0.25) is 0 Å². The molecule has 3 aromatic rings. The van der Waals surface area contributed by atoms with Crippen molar-refractivity contribution in [3.05, 3.63) is 54.5 Å². The number of hydrogen-bond donors (Lipinski definition) is 3. The number of benzene rings is 1. The molecule has 2 aromatic heterocycles. The summed E-state index contributed by atoms with van der Waals surface area (Å²) in [7, 11) is 0. The Balaban J connectivity index is 0.000000318. The second kappa shape index (κ2) is 9.86. The standard InChI is InChI=1S/C18H19N3OS.C2HF3O2/c1-2-4-18-17(3-1)22-14(12-23-18)5-7-19-9-13-10-21-16-11-20-8-6-15(13)16;3-2(4,5)1(6)7/h1-4,6,8,10-11,14,19,21H,5,7,9,12H2;(H,6,7). The summed E-state index contributed by atoms with van der Waals surface area (Å²) in [5.41, 5.74) is 2.37. The van der Waals surface area contributed by atoms with Crippen LogP contribution in [-0.2, 0) is 11.3 Å². The number of H-pyrrole nitrogens is 1. The van der Waals surface area contributed by atoms with E-state index in [-0.39, 0.29) is 6.10 Å². The van der Waals surface area contributed by atoms with E-state index >= 15 is 0 Å². The van der Waals surface area contributed by atoms with E-state index in [0.29, 0.717) is 0 Å². The number of pyridine rings is 1. The summed E-state index contributed by atoms with van der Waals surface area (Å²) in [6.45, 7) is 1.81. The molecule has 3 heterocycles. The van der Waals surface area contributed by atoms with E-state index < -0.39 is 12.1 Å². The summed E-state index contributed by atoms with van der Waals surface area (Å²) in [6.07, 6.45) is 1.98. The van der Waals surface area contributed by atoms with Crippen molar-refractivity contribution in [1.82, 2.24) is 15.3 Å². The maximum Gasteiger partial charge on any atom is 0.490 e. The van der Waals surface area contributed by atoms with Crippen molar-refractivity contribution in [2.24, 2.45) is 0 Å². The summed E-state index contributed by atoms with van der Waals surface area (Å²) >= 11 is 1.89. The van der Waals surface area contributed by atoms with Crippen molar-refractivity contribution >= 4 is 28.6 Å². The molecule has 0 spiro atoms. The SMILES string of the molecule is O=C(O)C(F)(F)F.c1ccc2c(c1)OC(CCNCc1c[nH]c3cnccc13)CS2. The number of carbonyl (C=O) groups is 1. The smallest absolute Gasteiger partial charge is 0.488 e. The topological polar surface area (TPSA) is 87.2 Å². The van der Waals surface area contributed by atoms with Gasteiger partial charge in [0.1, 0.15) is 11.9 Å². The molecule has 0 bridgehead atoms. The van der Waals surface area contributed by atoms with Crippen LogP contribution in [0.4, 0.5) is 13.2 Å². The first-order valence-electron chi connectivity index (χ1n) is 9.14. The number of aromatic amines is 1. The van der Waals surface area contributed by atoms with Crippen LogP contribution in [0.3, 0.4) is 0 Å². The molecule has 1 aliphatic heterocycles. The number of alkyl halides is 3. The van der Waals surface area contributed by atoms with Crippen molar-refractivity contribution in [3.63, 3.8) is 0 Å². The molecule has 1 aromatic carbocycles. The van der Waals surface area contributed by atoms with Crippen LogP contribution in [0.15, 0.2) is 53.8 Å². The third-order valence-electron chi connectivity index (χ3n) is 4.34. The van der Waals surface area contributed by atoms with Gasteiger partial charge in [0.25, 0.3) is 0 Å². The van der Waals surface area contributed by atoms with E-state index in [2.05, 4.69) is 45.7 Å². The molecular formula is C20H20F3N3O3S. The second-order valence-corrected chi connectivity index (χ2v) is 7.56. The Morgan fingerprint density at radius 3 is 2.87 bits per heavy atom. The lowest BCUT2D eigenvalue weighted by molar-refractivity contribution is -0.192. The summed E-state index contributed by atoms with van der Waals surface area (Å²) in [5, 5.41) is 11.9. The Labute approximate surface area is 174 Å². The Hall–Kier alpha value is -2.72. The van der Waals surface area contributed by atoms with Gasteiger partial charge in [0.15, 0.2) is 0 Å². The van der Waals surface area contributed by atoms with Crippen LogP contribution in [0.25, 0.3) is 10.9 Å². The third kappa shape index (κ3) is 5.90. The third-order valence-corrected chi connectivity index (χ3v) is 5.52. The van der Waals surface area contributed by atoms with Crippen molar-refractivity contribution in [2.75, 3.05) is 12.3 Å². The average molecular weight is 439 g/mol. The lowest BCUT2D eigenvalue weighted by Crippen LogP contribution is -2.28. The second-order valence-electron chi connectivity index (χ2n) is 6.50. The Morgan fingerprint density at radius 1 is 1.33 bits per heavy atom. The average Bonchev–Trinajstić information content (AvgIpc) is 3.14. The number of fused-ring (bicyclic) bond motifs is 2. The van der Waals surface area contributed by atoms with E-state index in [1.54, 1.807) is 0 Å². The van der Waals surface area contributed by atoms with E-state index in [0.717, 1.165) is 36.5 Å². The van der Waals surface area contributed by atoms with Gasteiger partial charge in [0.2, 0.25) is 0 Å². The number of aromatic nitrogens is 2.